The van der Waals surface area contributed by atoms with E-state index in [0.29, 0.717) is 5.56 Å². The van der Waals surface area contributed by atoms with Crippen LogP contribution in [0.2, 0.25) is 0 Å². The molecule has 28 nitrogen and oxygen atoms in total. The van der Waals surface area contributed by atoms with Crippen molar-refractivity contribution in [2.75, 3.05) is 39.3 Å². The quantitative estimate of drug-likeness (QED) is 0.0513. The first kappa shape index (κ1) is 64.7. The van der Waals surface area contributed by atoms with Crippen LogP contribution < -0.4 is 87.6 Å². The Bertz CT molecular complexity index is 2050. The van der Waals surface area contributed by atoms with Crippen molar-refractivity contribution in [2.24, 2.45) is 40.3 Å². The van der Waals surface area contributed by atoms with Crippen LogP contribution in [0.3, 0.4) is 0 Å². The SMILES string of the molecule is CC(C)C[C@@H]1NC(=O)[C@@H](Cc2ccccc2)NC(=O)[C@H](CCN)NC(=O)[C@@H](NC(=O)[C@H](CCN)NC(=O)[C@@H](NC(=O)[C@@H](N)CCN)[C@@H](C)O)CCNC(=O)[C@H]([C@@H](C)O)NC(=O)[C@H](CCN)NC(=O)[C@H](CCN)NC1=O. The second-order valence-corrected chi connectivity index (χ2v) is 18.8. The first-order valence-corrected chi connectivity index (χ1v) is 25.2. The molecule has 24 N–H and O–H groups in total. The topological polar surface area (TPSA) is 488 Å². The van der Waals surface area contributed by atoms with Gasteiger partial charge in [-0.15, -0.1) is 0 Å². The molecule has 1 aromatic carbocycles. The molecule has 0 aromatic heterocycles. The van der Waals surface area contributed by atoms with Crippen molar-refractivity contribution in [3.05, 3.63) is 35.9 Å². The highest BCUT2D eigenvalue weighted by molar-refractivity contribution is 5.99. The molecule has 75 heavy (non-hydrogen) atoms. The first-order chi connectivity index (χ1) is 35.5. The summed E-state index contributed by atoms with van der Waals surface area (Å²) in [4.78, 5) is 139. The highest BCUT2D eigenvalue weighted by Gasteiger charge is 2.37. The predicted molar refractivity (Wildman–Crippen MR) is 274 cm³/mol. The molecule has 0 aliphatic carbocycles. The minimum absolute atomic E-state index is 0.0475. The number of hydrogen-bond donors (Lipinski definition) is 18. The zero-order chi connectivity index (χ0) is 56.4. The standard InChI is InChI=1S/C47H82N16O12/c1-24(2)22-34-44(72)57-29(11-17-49)39(67)56-32(14-20-52)43(71)63-36(25(3)64)46(74)54-21-15-33(58-40(68)31(13-19-51)59-47(75)37(26(4)65)62-38(66)28(53)10-16-48)42(70)55-30(12-18-50)41(69)61-35(45(73)60-34)23-27-8-6-5-7-9-27/h5-9,24-26,28-37,64-65H,10-23,48-53H2,1-4H3,(H,54,74)(H,55,70)(H,56,67)(H,57,72)(H,58,68)(H,59,75)(H,60,73)(H,61,69)(H,62,66)(H,63,71)/t25-,26-,28+,29+,30+,31+,32+,33+,34+,35-,36+,37+/m1/s1. The molecular weight excluding hydrogens is 981 g/mol. The number of benzene rings is 1. The second kappa shape index (κ2) is 33.5. The van der Waals surface area contributed by atoms with Crippen LogP contribution in [0.25, 0.3) is 0 Å². The molecule has 2 rings (SSSR count). The lowest BCUT2D eigenvalue weighted by Gasteiger charge is -2.28. The van der Waals surface area contributed by atoms with Crippen molar-refractivity contribution in [2.45, 2.75) is 152 Å². The molecule has 0 unspecified atom stereocenters. The number of aliphatic hydroxyl groups is 2. The highest BCUT2D eigenvalue weighted by Crippen LogP contribution is 2.11. The average molecular weight is 1060 g/mol. The molecule has 0 radical (unpaired) electrons. The van der Waals surface area contributed by atoms with Crippen LogP contribution in [0.15, 0.2) is 30.3 Å². The van der Waals surface area contributed by atoms with Crippen molar-refractivity contribution in [3.63, 3.8) is 0 Å². The van der Waals surface area contributed by atoms with E-state index in [2.05, 4.69) is 53.2 Å². The lowest BCUT2D eigenvalue weighted by Crippen LogP contribution is -2.61. The summed E-state index contributed by atoms with van der Waals surface area (Å²) in [5.74, 6) is -9.37. The molecule has 10 amide bonds. The van der Waals surface area contributed by atoms with Gasteiger partial charge in [-0.05, 0) is 103 Å². The van der Waals surface area contributed by atoms with E-state index in [9.17, 15) is 58.2 Å². The fraction of sp³-hybridized carbons (Fsp3) is 0.660. The average Bonchev–Trinajstić information content (AvgIpc) is 3.35. The molecule has 28 heteroatoms. The lowest BCUT2D eigenvalue weighted by molar-refractivity contribution is -0.136. The van der Waals surface area contributed by atoms with Gasteiger partial charge in [-0.2, -0.15) is 0 Å². The van der Waals surface area contributed by atoms with Gasteiger partial charge in [0.2, 0.25) is 59.1 Å². The van der Waals surface area contributed by atoms with E-state index in [4.69, 9.17) is 34.4 Å². The van der Waals surface area contributed by atoms with E-state index in [1.54, 1.807) is 44.2 Å². The summed E-state index contributed by atoms with van der Waals surface area (Å²) in [5.41, 5.74) is 35.3. The Hall–Kier alpha value is -6.40. The number of carbonyl (C=O) groups is 10. The molecule has 0 bridgehead atoms. The summed E-state index contributed by atoms with van der Waals surface area (Å²) in [7, 11) is 0. The van der Waals surface area contributed by atoms with Gasteiger partial charge in [0.15, 0.2) is 0 Å². The third-order valence-corrected chi connectivity index (χ3v) is 11.9. The van der Waals surface area contributed by atoms with Gasteiger partial charge in [0.05, 0.1) is 18.2 Å². The minimum Gasteiger partial charge on any atom is -0.391 e. The van der Waals surface area contributed by atoms with Crippen LogP contribution in [0.4, 0.5) is 0 Å². The first-order valence-electron chi connectivity index (χ1n) is 25.2. The molecular formula is C47H82N16O12. The number of nitrogens with one attached hydrogen (secondary N) is 10. The normalized spacial score (nSPS) is 24.0. The largest absolute Gasteiger partial charge is 0.391 e. The molecule has 1 heterocycles. The van der Waals surface area contributed by atoms with E-state index in [1.807, 2.05) is 0 Å². The Kier molecular flexibility index (Phi) is 28.9. The maximum atomic E-state index is 14.4. The molecule has 422 valence electrons. The number of rotatable bonds is 22. The van der Waals surface area contributed by atoms with E-state index >= 15 is 0 Å². The van der Waals surface area contributed by atoms with Crippen LogP contribution in [-0.2, 0) is 54.4 Å². The van der Waals surface area contributed by atoms with E-state index in [-0.39, 0.29) is 83.6 Å². The highest BCUT2D eigenvalue weighted by atomic mass is 16.3. The molecule has 1 saturated heterocycles. The van der Waals surface area contributed by atoms with Gasteiger partial charge < -0.3 is 97.8 Å². The Morgan fingerprint density at radius 3 is 1.56 bits per heavy atom. The maximum Gasteiger partial charge on any atom is 0.245 e. The van der Waals surface area contributed by atoms with Crippen molar-refractivity contribution < 1.29 is 58.2 Å². The summed E-state index contributed by atoms with van der Waals surface area (Å²) in [6, 6.07) is -5.92. The third kappa shape index (κ3) is 22.2. The number of carbonyl (C=O) groups excluding carboxylic acids is 10. The third-order valence-electron chi connectivity index (χ3n) is 11.9. The van der Waals surface area contributed by atoms with Crippen molar-refractivity contribution in [1.29, 1.82) is 0 Å². The van der Waals surface area contributed by atoms with Gasteiger partial charge in [-0.3, -0.25) is 47.9 Å². The van der Waals surface area contributed by atoms with E-state index in [1.165, 1.54) is 13.8 Å². The van der Waals surface area contributed by atoms with Gasteiger partial charge in [-0.25, -0.2) is 0 Å². The zero-order valence-corrected chi connectivity index (χ0v) is 43.2. The molecule has 1 aliphatic rings. The predicted octanol–water partition coefficient (Wildman–Crippen LogP) is -8.01. The molecule has 12 atom stereocenters. The zero-order valence-electron chi connectivity index (χ0n) is 43.2. The summed E-state index contributed by atoms with van der Waals surface area (Å²) < 4.78 is 0. The molecule has 1 aliphatic heterocycles. The fourth-order valence-corrected chi connectivity index (χ4v) is 7.75. The Morgan fingerprint density at radius 2 is 1.07 bits per heavy atom. The lowest BCUT2D eigenvalue weighted by atomic mass is 10.00. The van der Waals surface area contributed by atoms with Crippen LogP contribution in [0.1, 0.15) is 78.2 Å². The Morgan fingerprint density at radius 1 is 0.587 bits per heavy atom. The Labute approximate surface area is 436 Å². The van der Waals surface area contributed by atoms with Crippen LogP contribution >= 0.6 is 0 Å². The van der Waals surface area contributed by atoms with Gasteiger partial charge in [0.1, 0.15) is 54.4 Å². The summed E-state index contributed by atoms with van der Waals surface area (Å²) in [6.45, 7) is 4.96. The molecule has 0 saturated carbocycles. The molecule has 1 fully saturated rings. The van der Waals surface area contributed by atoms with E-state index < -0.39 is 145 Å². The number of aliphatic hydroxyl groups excluding tert-OH is 2. The Balaban J connectivity index is 2.74. The fourth-order valence-electron chi connectivity index (χ4n) is 7.75. The van der Waals surface area contributed by atoms with Crippen LogP contribution in [0, 0.1) is 5.92 Å². The second-order valence-electron chi connectivity index (χ2n) is 18.8. The summed E-state index contributed by atoms with van der Waals surface area (Å²) in [5, 5.41) is 46.4. The smallest absolute Gasteiger partial charge is 0.245 e. The number of amides is 10. The van der Waals surface area contributed by atoms with Crippen LogP contribution in [-0.4, -0.2) is 181 Å². The van der Waals surface area contributed by atoms with Gasteiger partial charge in [0.25, 0.3) is 0 Å². The van der Waals surface area contributed by atoms with Crippen molar-refractivity contribution in [3.8, 4) is 0 Å². The van der Waals surface area contributed by atoms with Crippen LogP contribution in [0.5, 0.6) is 0 Å². The van der Waals surface area contributed by atoms with Gasteiger partial charge in [-0.1, -0.05) is 44.2 Å². The van der Waals surface area contributed by atoms with Crippen molar-refractivity contribution in [1.82, 2.24) is 53.2 Å². The summed E-state index contributed by atoms with van der Waals surface area (Å²) in [6.07, 6.45) is -4.24. The van der Waals surface area contributed by atoms with Gasteiger partial charge >= 0.3 is 0 Å². The maximum absolute atomic E-state index is 14.4. The summed E-state index contributed by atoms with van der Waals surface area (Å²) >= 11 is 0. The van der Waals surface area contributed by atoms with E-state index in [0.717, 1.165) is 0 Å². The van der Waals surface area contributed by atoms with Gasteiger partial charge in [0, 0.05) is 13.0 Å². The number of nitrogens with two attached hydrogens (primary N) is 6. The van der Waals surface area contributed by atoms with Crippen molar-refractivity contribution >= 4 is 59.1 Å². The molecule has 0 spiro atoms. The minimum atomic E-state index is -1.67. The molecule has 1 aromatic rings. The number of hydrogen-bond acceptors (Lipinski definition) is 18. The monoisotopic (exact) mass is 1060 g/mol.